The van der Waals surface area contributed by atoms with E-state index >= 15 is 0 Å². The van der Waals surface area contributed by atoms with Crippen LogP contribution in [0.25, 0.3) is 0 Å². The van der Waals surface area contributed by atoms with Crippen molar-refractivity contribution in [2.75, 3.05) is 22.1 Å². The van der Waals surface area contributed by atoms with Gasteiger partial charge in [0.25, 0.3) is 5.91 Å². The molecule has 37 heavy (non-hydrogen) atoms. The molecule has 1 spiro atoms. The van der Waals surface area contributed by atoms with Crippen LogP contribution in [-0.4, -0.2) is 28.3 Å². The third-order valence-electron chi connectivity index (χ3n) is 7.83. The average Bonchev–Trinajstić information content (AvgIpc) is 3.45. The third-order valence-corrected chi connectivity index (χ3v) is 7.83. The van der Waals surface area contributed by atoms with E-state index in [-0.39, 0.29) is 11.8 Å². The zero-order valence-corrected chi connectivity index (χ0v) is 20.2. The van der Waals surface area contributed by atoms with E-state index in [1.165, 1.54) is 17.5 Å². The molecule has 1 aromatic heterocycles. The Morgan fingerprint density at radius 3 is 2.70 bits per heavy atom. The first-order valence-corrected chi connectivity index (χ1v) is 12.6. The van der Waals surface area contributed by atoms with Crippen LogP contribution in [0.3, 0.4) is 0 Å². The van der Waals surface area contributed by atoms with Crippen LogP contribution in [0, 0.1) is 0 Å². The fraction of sp³-hybridized carbons (Fsp3) is 0.200. The van der Waals surface area contributed by atoms with Crippen LogP contribution < -0.4 is 15.5 Å². The zero-order valence-electron chi connectivity index (χ0n) is 20.2. The van der Waals surface area contributed by atoms with Crippen molar-refractivity contribution in [1.29, 1.82) is 0 Å². The van der Waals surface area contributed by atoms with E-state index in [1.54, 1.807) is 6.07 Å². The molecule has 1 atom stereocenters. The molecule has 0 saturated heterocycles. The van der Waals surface area contributed by atoms with Crippen molar-refractivity contribution in [2.45, 2.75) is 31.1 Å². The van der Waals surface area contributed by atoms with E-state index in [0.717, 1.165) is 41.0 Å². The number of carbonyl (C=O) groups is 2. The molecule has 7 heteroatoms. The van der Waals surface area contributed by atoms with Gasteiger partial charge in [0.05, 0.1) is 5.41 Å². The van der Waals surface area contributed by atoms with Gasteiger partial charge < -0.3 is 15.5 Å². The molecule has 2 N–H and O–H groups in total. The summed E-state index contributed by atoms with van der Waals surface area (Å²) in [4.78, 5) is 36.8. The minimum Gasteiger partial charge on any atom is -0.340 e. The lowest BCUT2D eigenvalue weighted by Gasteiger charge is -2.29. The number of benzene rings is 3. The number of anilines is 4. The van der Waals surface area contributed by atoms with Crippen LogP contribution in [0.5, 0.6) is 0 Å². The molecular weight excluding hydrogens is 462 g/mol. The predicted molar refractivity (Wildman–Crippen MR) is 142 cm³/mol. The Hall–Kier alpha value is -4.52. The van der Waals surface area contributed by atoms with E-state index < -0.39 is 5.41 Å². The highest BCUT2D eigenvalue weighted by Crippen LogP contribution is 2.47. The molecule has 4 aromatic rings. The van der Waals surface area contributed by atoms with Crippen LogP contribution in [0.2, 0.25) is 0 Å². The summed E-state index contributed by atoms with van der Waals surface area (Å²) in [7, 11) is 0. The van der Waals surface area contributed by atoms with Crippen molar-refractivity contribution in [1.82, 2.24) is 9.97 Å². The van der Waals surface area contributed by atoms with Gasteiger partial charge in [0, 0.05) is 29.7 Å². The highest BCUT2D eigenvalue weighted by molar-refractivity contribution is 6.07. The second kappa shape index (κ2) is 8.27. The number of carbonyl (C=O) groups excluding carboxylic acids is 2. The Morgan fingerprint density at radius 2 is 1.76 bits per heavy atom. The Morgan fingerprint density at radius 1 is 0.919 bits per heavy atom. The van der Waals surface area contributed by atoms with E-state index in [9.17, 15) is 9.59 Å². The highest BCUT2D eigenvalue weighted by atomic mass is 16.2. The summed E-state index contributed by atoms with van der Waals surface area (Å²) in [5, 5.41) is 6.40. The number of para-hydroxylation sites is 2. The number of nitrogens with one attached hydrogen (secondary N) is 2. The third kappa shape index (κ3) is 3.49. The van der Waals surface area contributed by atoms with Crippen LogP contribution in [0.15, 0.2) is 79.1 Å². The van der Waals surface area contributed by atoms with E-state index in [2.05, 4.69) is 44.9 Å². The fourth-order valence-electron chi connectivity index (χ4n) is 6.05. The molecule has 1 unspecified atom stereocenters. The summed E-state index contributed by atoms with van der Waals surface area (Å²) in [6.07, 6.45) is 4.67. The van der Waals surface area contributed by atoms with E-state index in [4.69, 9.17) is 0 Å². The lowest BCUT2D eigenvalue weighted by atomic mass is 9.79. The Labute approximate surface area is 214 Å². The number of hydrogen-bond donors (Lipinski definition) is 2. The molecule has 0 bridgehead atoms. The molecule has 3 heterocycles. The molecule has 0 radical (unpaired) electrons. The summed E-state index contributed by atoms with van der Waals surface area (Å²) in [5.74, 6) is 0.498. The minimum atomic E-state index is -0.545. The molecule has 7 rings (SSSR count). The lowest BCUT2D eigenvalue weighted by molar-refractivity contribution is -0.120. The lowest BCUT2D eigenvalue weighted by Crippen LogP contribution is -2.36. The maximum atomic E-state index is 13.4. The number of aromatic nitrogens is 2. The van der Waals surface area contributed by atoms with Crippen molar-refractivity contribution in [3.8, 4) is 0 Å². The van der Waals surface area contributed by atoms with Crippen LogP contribution in [0.1, 0.15) is 39.2 Å². The molecule has 2 aliphatic heterocycles. The normalized spacial score (nSPS) is 19.2. The van der Waals surface area contributed by atoms with Gasteiger partial charge in [0.15, 0.2) is 0 Å². The number of hydrogen-bond acceptors (Lipinski definition) is 5. The first kappa shape index (κ1) is 21.7. The zero-order chi connectivity index (χ0) is 25.0. The SMILES string of the molecule is O=C(c1cc(Nc2ccc3c(c2)CC2(C3)C(=O)Nc3ccccc32)ncn1)N1CCCc2ccccc21. The van der Waals surface area contributed by atoms with E-state index in [0.29, 0.717) is 30.9 Å². The summed E-state index contributed by atoms with van der Waals surface area (Å²) in [6.45, 7) is 0.673. The highest BCUT2D eigenvalue weighted by Gasteiger charge is 2.50. The first-order valence-electron chi connectivity index (χ1n) is 12.6. The molecule has 1 aliphatic carbocycles. The van der Waals surface area contributed by atoms with Gasteiger partial charge in [-0.25, -0.2) is 9.97 Å². The average molecular weight is 488 g/mol. The molecule has 182 valence electrons. The number of rotatable bonds is 3. The first-order chi connectivity index (χ1) is 18.1. The predicted octanol–water partition coefficient (Wildman–Crippen LogP) is 4.80. The van der Waals surface area contributed by atoms with Crippen LogP contribution in [0.4, 0.5) is 22.9 Å². The standard InChI is InChI=1S/C30H25N5O2/c36-28(35-13-5-7-19-6-1-4-10-26(19)35)25-15-27(32-18-31-25)33-22-12-11-20-16-30(17-21(20)14-22)23-8-2-3-9-24(23)34-29(30)37/h1-4,6,8-12,14-15,18H,5,7,13,16-17H2,(H,34,37)(H,31,32,33). The second-order valence-electron chi connectivity index (χ2n) is 10.0. The van der Waals surface area contributed by atoms with Crippen molar-refractivity contribution in [3.63, 3.8) is 0 Å². The molecule has 7 nitrogen and oxygen atoms in total. The van der Waals surface area contributed by atoms with Gasteiger partial charge in [-0.15, -0.1) is 0 Å². The monoisotopic (exact) mass is 487 g/mol. The molecular formula is C30H25N5O2. The largest absolute Gasteiger partial charge is 0.340 e. The van der Waals surface area contributed by atoms with Gasteiger partial charge in [-0.3, -0.25) is 9.59 Å². The van der Waals surface area contributed by atoms with Gasteiger partial charge in [0.2, 0.25) is 5.91 Å². The maximum absolute atomic E-state index is 13.4. The van der Waals surface area contributed by atoms with Gasteiger partial charge in [0.1, 0.15) is 17.8 Å². The molecule has 3 aromatic carbocycles. The van der Waals surface area contributed by atoms with Crippen molar-refractivity contribution in [3.05, 3.63) is 107 Å². The number of fused-ring (bicyclic) bond motifs is 4. The van der Waals surface area contributed by atoms with Gasteiger partial charge in [-0.2, -0.15) is 0 Å². The molecule has 0 fully saturated rings. The smallest absolute Gasteiger partial charge is 0.277 e. The Balaban J connectivity index is 1.13. The van der Waals surface area contributed by atoms with Crippen molar-refractivity contribution >= 4 is 34.7 Å². The van der Waals surface area contributed by atoms with Crippen LogP contribution in [-0.2, 0) is 29.5 Å². The van der Waals surface area contributed by atoms with Gasteiger partial charge in [-0.1, -0.05) is 42.5 Å². The maximum Gasteiger partial charge on any atom is 0.277 e. The summed E-state index contributed by atoms with van der Waals surface area (Å²) in [5.41, 5.74) is 7.12. The van der Waals surface area contributed by atoms with E-state index in [1.807, 2.05) is 47.4 Å². The Bertz CT molecular complexity index is 1580. The number of nitrogens with zero attached hydrogens (tertiary/aromatic N) is 3. The second-order valence-corrected chi connectivity index (χ2v) is 10.0. The van der Waals surface area contributed by atoms with Crippen molar-refractivity contribution < 1.29 is 9.59 Å². The van der Waals surface area contributed by atoms with Gasteiger partial charge >= 0.3 is 0 Å². The summed E-state index contributed by atoms with van der Waals surface area (Å²) in [6, 6.07) is 23.9. The topological polar surface area (TPSA) is 87.2 Å². The molecule has 3 aliphatic rings. The summed E-state index contributed by atoms with van der Waals surface area (Å²) >= 11 is 0. The van der Waals surface area contributed by atoms with Crippen molar-refractivity contribution in [2.24, 2.45) is 0 Å². The quantitative estimate of drug-likeness (QED) is 0.433. The molecule has 0 saturated carbocycles. The van der Waals surface area contributed by atoms with Crippen LogP contribution >= 0.6 is 0 Å². The molecule has 2 amide bonds. The van der Waals surface area contributed by atoms with Gasteiger partial charge in [-0.05, 0) is 72.2 Å². The summed E-state index contributed by atoms with van der Waals surface area (Å²) < 4.78 is 0. The Kier molecular flexibility index (Phi) is 4.86. The number of aryl methyl sites for hydroxylation is 1. The minimum absolute atomic E-state index is 0.0673. The fourth-order valence-corrected chi connectivity index (χ4v) is 6.05. The number of amides is 2.